The van der Waals surface area contributed by atoms with Crippen molar-refractivity contribution in [2.45, 2.75) is 52.9 Å². The zero-order valence-electron chi connectivity index (χ0n) is 14.2. The van der Waals surface area contributed by atoms with E-state index in [2.05, 4.69) is 34.2 Å². The summed E-state index contributed by atoms with van der Waals surface area (Å²) in [6, 6.07) is 6.08. The van der Waals surface area contributed by atoms with Crippen LogP contribution in [0.3, 0.4) is 0 Å². The Morgan fingerprint density at radius 3 is 2.70 bits per heavy atom. The maximum Gasteiger partial charge on any atom is 0.213 e. The van der Waals surface area contributed by atoms with Crippen LogP contribution < -0.4 is 15.8 Å². The van der Waals surface area contributed by atoms with Crippen LogP contribution in [-0.4, -0.2) is 28.5 Å². The highest BCUT2D eigenvalue weighted by Gasteiger charge is 2.21. The van der Waals surface area contributed by atoms with Crippen LogP contribution in [0.5, 0.6) is 5.75 Å². The van der Waals surface area contributed by atoms with Gasteiger partial charge in [0, 0.05) is 0 Å². The van der Waals surface area contributed by atoms with E-state index in [9.17, 15) is 0 Å². The Balaban J connectivity index is 2.20. The lowest BCUT2D eigenvalue weighted by atomic mass is 10.1. The van der Waals surface area contributed by atoms with E-state index in [4.69, 9.17) is 10.5 Å². The number of benzene rings is 1. The average Bonchev–Trinajstić information content (AvgIpc) is 2.45. The van der Waals surface area contributed by atoms with Crippen LogP contribution >= 0.6 is 12.8 Å². The molecule has 1 aromatic rings. The zero-order chi connectivity index (χ0) is 17.1. The number of guanidine groups is 2. The molecule has 6 nitrogen and oxygen atoms in total. The van der Waals surface area contributed by atoms with E-state index in [1.807, 2.05) is 46.8 Å². The second kappa shape index (κ2) is 7.12. The summed E-state index contributed by atoms with van der Waals surface area (Å²) in [6.45, 7) is 10.0. The van der Waals surface area contributed by atoms with Gasteiger partial charge in [-0.2, -0.15) is 0 Å². The fourth-order valence-electron chi connectivity index (χ4n) is 2.31. The minimum atomic E-state index is -0.158. The maximum absolute atomic E-state index is 5.77. The molecule has 0 spiro atoms. The molecular formula is C16H25N5OS. The van der Waals surface area contributed by atoms with Crippen LogP contribution in [0.2, 0.25) is 0 Å². The first-order valence-corrected chi connectivity index (χ1v) is 8.11. The van der Waals surface area contributed by atoms with E-state index >= 15 is 0 Å². The van der Waals surface area contributed by atoms with Crippen molar-refractivity contribution in [3.8, 4) is 5.75 Å². The molecule has 1 aliphatic heterocycles. The lowest BCUT2D eigenvalue weighted by Gasteiger charge is -2.29. The van der Waals surface area contributed by atoms with E-state index in [-0.39, 0.29) is 18.3 Å². The van der Waals surface area contributed by atoms with Gasteiger partial charge in [0.05, 0.1) is 12.1 Å². The molecule has 7 heteroatoms. The van der Waals surface area contributed by atoms with Crippen molar-refractivity contribution in [3.63, 3.8) is 0 Å². The molecule has 2 rings (SSSR count). The van der Waals surface area contributed by atoms with Crippen molar-refractivity contribution in [3.05, 3.63) is 29.3 Å². The Morgan fingerprint density at radius 2 is 2.09 bits per heavy atom. The van der Waals surface area contributed by atoms with Crippen LogP contribution in [0.25, 0.3) is 0 Å². The number of aliphatic imine (C=N–C) groups is 2. The van der Waals surface area contributed by atoms with Gasteiger partial charge in [0.2, 0.25) is 5.96 Å². The van der Waals surface area contributed by atoms with Crippen molar-refractivity contribution in [2.75, 3.05) is 0 Å². The smallest absolute Gasteiger partial charge is 0.213 e. The third-order valence-corrected chi connectivity index (χ3v) is 4.02. The van der Waals surface area contributed by atoms with Gasteiger partial charge in [0.15, 0.2) is 5.96 Å². The Bertz CT molecular complexity index is 629. The van der Waals surface area contributed by atoms with E-state index < -0.39 is 0 Å². The third kappa shape index (κ3) is 4.31. The number of thiol groups is 1. The van der Waals surface area contributed by atoms with Gasteiger partial charge in [-0.25, -0.2) is 9.98 Å². The summed E-state index contributed by atoms with van der Waals surface area (Å²) >= 11 is 4.41. The van der Waals surface area contributed by atoms with Crippen molar-refractivity contribution in [1.29, 1.82) is 0 Å². The van der Waals surface area contributed by atoms with E-state index in [1.165, 1.54) is 0 Å². The number of hydrogen-bond donors (Lipinski definition) is 3. The topological polar surface area (TPSA) is 75.2 Å². The summed E-state index contributed by atoms with van der Waals surface area (Å²) in [7, 11) is 0. The minimum Gasteiger partial charge on any atom is -0.491 e. The van der Waals surface area contributed by atoms with Crippen LogP contribution in [0, 0.1) is 6.92 Å². The fourth-order valence-corrected chi connectivity index (χ4v) is 2.46. The number of ether oxygens (including phenoxy) is 1. The fraction of sp³-hybridized carbons (Fsp3) is 0.500. The second-order valence-corrected chi connectivity index (χ2v) is 6.37. The van der Waals surface area contributed by atoms with Crippen LogP contribution in [-0.2, 0) is 0 Å². The van der Waals surface area contributed by atoms with Gasteiger partial charge in [0.1, 0.15) is 11.9 Å². The van der Waals surface area contributed by atoms with Crippen LogP contribution in [0.1, 0.15) is 44.9 Å². The molecule has 0 amide bonds. The summed E-state index contributed by atoms with van der Waals surface area (Å²) in [6.07, 6.45) is -0.000710. The maximum atomic E-state index is 5.77. The number of aryl methyl sites for hydroxylation is 1. The van der Waals surface area contributed by atoms with Crippen molar-refractivity contribution < 1.29 is 4.74 Å². The molecule has 23 heavy (non-hydrogen) atoms. The average molecular weight is 335 g/mol. The molecule has 3 N–H and O–H groups in total. The molecule has 1 aliphatic rings. The summed E-state index contributed by atoms with van der Waals surface area (Å²) in [4.78, 5) is 8.86. The number of nitrogens with zero attached hydrogens (tertiary/aromatic N) is 3. The standard InChI is InChI=1S/C16H25N5OS/c1-9(2)22-14-7-6-13(8-10(14)3)11(4)18-16-20-15(17)19-12(5)21(16)23/h6-9,11-12,23H,1-5H3,(H3,17,18,19,20). The normalized spacial score (nSPS) is 21.2. The predicted molar refractivity (Wildman–Crippen MR) is 97.8 cm³/mol. The second-order valence-electron chi connectivity index (χ2n) is 5.94. The highest BCUT2D eigenvalue weighted by molar-refractivity contribution is 7.78. The quantitative estimate of drug-likeness (QED) is 0.739. The van der Waals surface area contributed by atoms with Crippen LogP contribution in [0.15, 0.2) is 28.2 Å². The number of hydrogen-bond acceptors (Lipinski definition) is 5. The van der Waals surface area contributed by atoms with Gasteiger partial charge in [-0.15, -0.1) is 0 Å². The Labute approximate surface area is 143 Å². The summed E-state index contributed by atoms with van der Waals surface area (Å²) in [5, 5.41) is 2.95. The molecule has 0 saturated heterocycles. The van der Waals surface area contributed by atoms with Gasteiger partial charge >= 0.3 is 0 Å². The van der Waals surface area contributed by atoms with Crippen molar-refractivity contribution in [1.82, 2.24) is 9.62 Å². The molecule has 1 aromatic carbocycles. The monoisotopic (exact) mass is 335 g/mol. The largest absolute Gasteiger partial charge is 0.491 e. The van der Waals surface area contributed by atoms with Gasteiger partial charge in [0.25, 0.3) is 0 Å². The van der Waals surface area contributed by atoms with Gasteiger partial charge < -0.3 is 10.5 Å². The highest BCUT2D eigenvalue weighted by Crippen LogP contribution is 2.26. The van der Waals surface area contributed by atoms with Gasteiger partial charge in [-0.1, -0.05) is 24.9 Å². The lowest BCUT2D eigenvalue weighted by Crippen LogP contribution is -2.51. The highest BCUT2D eigenvalue weighted by atomic mass is 32.1. The van der Waals surface area contributed by atoms with Crippen LogP contribution in [0.4, 0.5) is 0 Å². The van der Waals surface area contributed by atoms with Gasteiger partial charge in [-0.05, 0) is 51.8 Å². The number of nitrogens with two attached hydrogens (primary N) is 1. The molecular weight excluding hydrogens is 310 g/mol. The third-order valence-electron chi connectivity index (χ3n) is 3.50. The van der Waals surface area contributed by atoms with Gasteiger partial charge in [-0.3, -0.25) is 9.62 Å². The Morgan fingerprint density at radius 1 is 1.39 bits per heavy atom. The first-order chi connectivity index (χ1) is 10.8. The Hall–Kier alpha value is -1.89. The molecule has 2 atom stereocenters. The predicted octanol–water partition coefficient (Wildman–Crippen LogP) is 2.61. The van der Waals surface area contributed by atoms with E-state index in [0.717, 1.165) is 16.9 Å². The molecule has 0 fully saturated rings. The number of rotatable bonds is 4. The summed E-state index contributed by atoms with van der Waals surface area (Å²) in [5.74, 6) is 1.85. The molecule has 1 heterocycles. The van der Waals surface area contributed by atoms with E-state index in [0.29, 0.717) is 11.9 Å². The minimum absolute atomic E-state index is 0.0444. The summed E-state index contributed by atoms with van der Waals surface area (Å²) in [5.41, 5.74) is 7.96. The first kappa shape index (κ1) is 17.5. The van der Waals surface area contributed by atoms with E-state index in [1.54, 1.807) is 4.31 Å². The molecule has 126 valence electrons. The first-order valence-electron chi connectivity index (χ1n) is 7.71. The molecule has 0 aromatic heterocycles. The SMILES string of the molecule is Cc1cc(C(C)N=C2NC(N)=NC(C)N2S)ccc1OC(C)C. The molecule has 0 bridgehead atoms. The molecule has 2 unspecified atom stereocenters. The lowest BCUT2D eigenvalue weighted by molar-refractivity contribution is 0.240. The van der Waals surface area contributed by atoms with Crippen molar-refractivity contribution in [2.24, 2.45) is 15.7 Å². The molecule has 0 saturated carbocycles. The zero-order valence-corrected chi connectivity index (χ0v) is 15.1. The molecule has 0 aliphatic carbocycles. The molecule has 0 radical (unpaired) electrons. The summed E-state index contributed by atoms with van der Waals surface area (Å²) < 4.78 is 7.44. The number of nitrogens with one attached hydrogen (secondary N) is 1. The Kier molecular flexibility index (Phi) is 5.41. The van der Waals surface area contributed by atoms with Crippen molar-refractivity contribution >= 4 is 24.7 Å².